The van der Waals surface area contributed by atoms with Crippen molar-refractivity contribution in [2.24, 2.45) is 0 Å². The van der Waals surface area contributed by atoms with Crippen molar-refractivity contribution in [2.45, 2.75) is 269 Å². The second-order valence-electron chi connectivity index (χ2n) is 18.5. The van der Waals surface area contributed by atoms with Crippen molar-refractivity contribution in [3.63, 3.8) is 0 Å². The minimum Gasteiger partial charge on any atom is -0.462 e. The van der Waals surface area contributed by atoms with Crippen LogP contribution >= 0.6 is 0 Å². The molecule has 0 radical (unpaired) electrons. The molecule has 386 valence electrons. The molecule has 0 aromatic carbocycles. The van der Waals surface area contributed by atoms with E-state index in [0.717, 1.165) is 70.6 Å². The summed E-state index contributed by atoms with van der Waals surface area (Å²) in [6.45, 7) is 3.76. The first-order valence-corrected chi connectivity index (χ1v) is 28.2. The van der Waals surface area contributed by atoms with Gasteiger partial charge in [-0.05, 0) is 70.6 Å². The number of esters is 2. The van der Waals surface area contributed by atoms with E-state index in [1.165, 1.54) is 122 Å². The van der Waals surface area contributed by atoms with E-state index in [4.69, 9.17) is 18.9 Å². The van der Waals surface area contributed by atoms with Crippen molar-refractivity contribution in [1.82, 2.24) is 0 Å². The van der Waals surface area contributed by atoms with Gasteiger partial charge in [0.15, 0.2) is 12.4 Å². The highest BCUT2D eigenvalue weighted by Crippen LogP contribution is 2.24. The van der Waals surface area contributed by atoms with Gasteiger partial charge in [0.25, 0.3) is 10.1 Å². The average molecular weight is 957 g/mol. The standard InChI is InChI=1S/C53H96O12S/c1-3-5-7-9-11-13-15-17-19-20-21-22-23-24-25-26-28-30-32-34-36-38-40-42-49(55)64-46(44-63-53-52(58)51(57)50(56)47(65-53)45-66(59,60)61)43-62-48(54)41-39-37-35-33-31-29-27-18-16-14-12-10-8-6-4-2/h15,17-18,20-21,27,46-47,50-53,56-58H,3-14,16,19,22-26,28-45H2,1-2H3,(H,59,60,61)/b17-15-,21-20-,27-18-. The number of hydrogen-bond donors (Lipinski definition) is 4. The number of unbranched alkanes of at least 4 members (excludes halogenated alkanes) is 27. The SMILES string of the molecule is CCCCCCC/C=C\C/C=C\CCCCCCCCCCCCCC(=O)OC(COC(=O)CCCCCCC/C=C\CCCCCCCC)COC1OC(CS(=O)(=O)O)C(O)C(O)C1O. The molecule has 6 atom stereocenters. The number of allylic oxidation sites excluding steroid dienone is 6. The molecule has 0 spiro atoms. The fourth-order valence-electron chi connectivity index (χ4n) is 8.06. The highest BCUT2D eigenvalue weighted by Gasteiger charge is 2.46. The first kappa shape index (κ1) is 61.9. The van der Waals surface area contributed by atoms with Gasteiger partial charge < -0.3 is 34.3 Å². The van der Waals surface area contributed by atoms with Crippen molar-refractivity contribution >= 4 is 22.1 Å². The van der Waals surface area contributed by atoms with E-state index in [0.29, 0.717) is 12.8 Å². The third-order valence-electron chi connectivity index (χ3n) is 12.2. The summed E-state index contributed by atoms with van der Waals surface area (Å²) in [5.41, 5.74) is 0. The molecule has 66 heavy (non-hydrogen) atoms. The second-order valence-corrected chi connectivity index (χ2v) is 20.0. The lowest BCUT2D eigenvalue weighted by Gasteiger charge is -2.40. The second kappa shape index (κ2) is 42.9. The van der Waals surface area contributed by atoms with Gasteiger partial charge in [0.05, 0.1) is 6.61 Å². The zero-order chi connectivity index (χ0) is 48.4. The first-order valence-electron chi connectivity index (χ1n) is 26.5. The maximum absolute atomic E-state index is 12.9. The number of aliphatic hydroxyl groups excluding tert-OH is 3. The summed E-state index contributed by atoms with van der Waals surface area (Å²) < 4.78 is 54.3. The summed E-state index contributed by atoms with van der Waals surface area (Å²) in [5.74, 6) is -1.99. The molecule has 0 amide bonds. The fourth-order valence-corrected chi connectivity index (χ4v) is 8.75. The van der Waals surface area contributed by atoms with E-state index in [9.17, 15) is 37.9 Å². The summed E-state index contributed by atoms with van der Waals surface area (Å²) >= 11 is 0. The Morgan fingerprint density at radius 3 is 1.35 bits per heavy atom. The molecule has 0 aromatic rings. The summed E-state index contributed by atoms with van der Waals surface area (Å²) in [5, 5.41) is 31.0. The Morgan fingerprint density at radius 1 is 0.515 bits per heavy atom. The Balaban J connectivity index is 2.35. The Morgan fingerprint density at radius 2 is 0.909 bits per heavy atom. The Kier molecular flexibility index (Phi) is 40.3. The van der Waals surface area contributed by atoms with Crippen LogP contribution in [0.15, 0.2) is 36.5 Å². The molecule has 13 heteroatoms. The van der Waals surface area contributed by atoms with Crippen LogP contribution in [0.2, 0.25) is 0 Å². The van der Waals surface area contributed by atoms with Crippen LogP contribution in [-0.2, 0) is 38.7 Å². The van der Waals surface area contributed by atoms with E-state index in [1.54, 1.807) is 0 Å². The van der Waals surface area contributed by atoms with Crippen LogP contribution < -0.4 is 0 Å². The van der Waals surface area contributed by atoms with Gasteiger partial charge in [0.1, 0.15) is 36.8 Å². The van der Waals surface area contributed by atoms with Crippen LogP contribution in [0.1, 0.15) is 232 Å². The van der Waals surface area contributed by atoms with Gasteiger partial charge in [-0.15, -0.1) is 0 Å². The average Bonchev–Trinajstić information content (AvgIpc) is 3.28. The Labute approximate surface area is 401 Å². The smallest absolute Gasteiger partial charge is 0.306 e. The number of ether oxygens (including phenoxy) is 4. The normalized spacial score (nSPS) is 19.6. The van der Waals surface area contributed by atoms with Crippen LogP contribution in [-0.4, -0.2) is 96.0 Å². The molecule has 0 saturated carbocycles. The first-order chi connectivity index (χ1) is 32.0. The van der Waals surface area contributed by atoms with Crippen LogP contribution in [0.5, 0.6) is 0 Å². The maximum Gasteiger partial charge on any atom is 0.306 e. The van der Waals surface area contributed by atoms with Crippen LogP contribution in [0.4, 0.5) is 0 Å². The molecule has 0 aliphatic carbocycles. The van der Waals surface area contributed by atoms with Gasteiger partial charge in [0.2, 0.25) is 0 Å². The zero-order valence-corrected chi connectivity index (χ0v) is 42.4. The predicted octanol–water partition coefficient (Wildman–Crippen LogP) is 12.1. The number of carbonyl (C=O) groups is 2. The Hall–Kier alpha value is -2.13. The van der Waals surface area contributed by atoms with Gasteiger partial charge in [-0.1, -0.05) is 185 Å². The van der Waals surface area contributed by atoms with Gasteiger partial charge in [-0.3, -0.25) is 14.1 Å². The fraction of sp³-hybridized carbons (Fsp3) is 0.849. The summed E-state index contributed by atoms with van der Waals surface area (Å²) in [6.07, 6.45) is 41.8. The third kappa shape index (κ3) is 36.9. The van der Waals surface area contributed by atoms with Crippen molar-refractivity contribution < 1.29 is 56.8 Å². The van der Waals surface area contributed by atoms with Crippen molar-refractivity contribution in [1.29, 1.82) is 0 Å². The number of rotatable bonds is 45. The van der Waals surface area contributed by atoms with Crippen LogP contribution in [0.3, 0.4) is 0 Å². The molecule has 0 aromatic heterocycles. The van der Waals surface area contributed by atoms with Gasteiger partial charge in [-0.25, -0.2) is 0 Å². The molecular formula is C53H96O12S. The zero-order valence-electron chi connectivity index (χ0n) is 41.6. The highest BCUT2D eigenvalue weighted by atomic mass is 32.2. The maximum atomic E-state index is 12.9. The van der Waals surface area contributed by atoms with Gasteiger partial charge in [-0.2, -0.15) is 8.42 Å². The minimum atomic E-state index is -4.61. The molecule has 1 fully saturated rings. The quantitative estimate of drug-likeness (QED) is 0.0196. The van der Waals surface area contributed by atoms with Gasteiger partial charge in [0, 0.05) is 12.8 Å². The van der Waals surface area contributed by atoms with Crippen molar-refractivity contribution in [2.75, 3.05) is 19.0 Å². The molecule has 1 aliphatic rings. The molecule has 0 bridgehead atoms. The van der Waals surface area contributed by atoms with E-state index >= 15 is 0 Å². The molecule has 4 N–H and O–H groups in total. The van der Waals surface area contributed by atoms with E-state index in [-0.39, 0.29) is 19.4 Å². The number of carbonyl (C=O) groups excluding carboxylic acids is 2. The lowest BCUT2D eigenvalue weighted by atomic mass is 10.00. The lowest BCUT2D eigenvalue weighted by Crippen LogP contribution is -2.60. The highest BCUT2D eigenvalue weighted by molar-refractivity contribution is 7.85. The molecule has 1 heterocycles. The number of hydrogen-bond acceptors (Lipinski definition) is 11. The molecule has 1 aliphatic heterocycles. The van der Waals surface area contributed by atoms with Crippen LogP contribution in [0.25, 0.3) is 0 Å². The largest absolute Gasteiger partial charge is 0.462 e. The summed E-state index contributed by atoms with van der Waals surface area (Å²) in [4.78, 5) is 25.5. The predicted molar refractivity (Wildman–Crippen MR) is 266 cm³/mol. The summed E-state index contributed by atoms with van der Waals surface area (Å²) in [6, 6.07) is 0. The third-order valence-corrected chi connectivity index (χ3v) is 12.9. The van der Waals surface area contributed by atoms with E-state index in [1.807, 2.05) is 0 Å². The van der Waals surface area contributed by atoms with Crippen molar-refractivity contribution in [3.8, 4) is 0 Å². The van der Waals surface area contributed by atoms with E-state index < -0.39 is 71.2 Å². The number of aliphatic hydroxyl groups is 3. The Bertz CT molecular complexity index is 1350. The van der Waals surface area contributed by atoms with Crippen molar-refractivity contribution in [3.05, 3.63) is 36.5 Å². The molecule has 12 nitrogen and oxygen atoms in total. The van der Waals surface area contributed by atoms with Gasteiger partial charge >= 0.3 is 11.9 Å². The topological polar surface area (TPSA) is 186 Å². The molecule has 1 saturated heterocycles. The lowest BCUT2D eigenvalue weighted by molar-refractivity contribution is -0.297. The molecule has 6 unspecified atom stereocenters. The molecular weight excluding hydrogens is 861 g/mol. The summed E-state index contributed by atoms with van der Waals surface area (Å²) in [7, 11) is -4.61. The molecule has 1 rings (SSSR count). The van der Waals surface area contributed by atoms with Crippen LogP contribution in [0, 0.1) is 0 Å². The minimum absolute atomic E-state index is 0.161. The van der Waals surface area contributed by atoms with E-state index in [2.05, 4.69) is 50.3 Å². The monoisotopic (exact) mass is 957 g/mol.